The molecule has 4 aromatic rings. The predicted octanol–water partition coefficient (Wildman–Crippen LogP) is 5.33. The minimum absolute atomic E-state index is 0.410. The third-order valence-corrected chi connectivity index (χ3v) is 10.5. The molecule has 0 aliphatic carbocycles. The normalized spacial score (nSPS) is 16.5. The Labute approximate surface area is 218 Å². The smallest absolute Gasteiger partial charge is 0.207 e. The van der Waals surface area contributed by atoms with Gasteiger partial charge in [-0.15, -0.1) is 0 Å². The van der Waals surface area contributed by atoms with Crippen molar-refractivity contribution < 1.29 is 19.1 Å². The molecule has 0 bridgehead atoms. The van der Waals surface area contributed by atoms with Crippen LogP contribution in [0.1, 0.15) is 24.0 Å². The van der Waals surface area contributed by atoms with Gasteiger partial charge in [-0.1, -0.05) is 60.7 Å². The summed E-state index contributed by atoms with van der Waals surface area (Å²) >= 11 is 0. The number of hydrogen-bond acceptors (Lipinski definition) is 4. The van der Waals surface area contributed by atoms with Gasteiger partial charge >= 0.3 is 0 Å². The van der Waals surface area contributed by atoms with Gasteiger partial charge in [-0.05, 0) is 72.5 Å². The first-order valence-electron chi connectivity index (χ1n) is 12.5. The molecule has 1 saturated heterocycles. The Morgan fingerprint density at radius 1 is 0.730 bits per heavy atom. The standard InChI is InChI=1S/C31H32NO4P/c1-35-26-15-19-28(20-16-26)37(34,29-21-17-27(36-2)18-22-29)32-23-9-14-30(32)31(33,24-10-5-3-6-11-24)25-12-7-4-8-13-25/h3-8,10-13,15-22,30,33H,9,14,23H2,1-2H3/t30-/m0/s1. The molecule has 6 heteroatoms. The highest BCUT2D eigenvalue weighted by atomic mass is 31.2. The third kappa shape index (κ3) is 4.48. The van der Waals surface area contributed by atoms with Gasteiger partial charge in [0.15, 0.2) is 0 Å². The summed E-state index contributed by atoms with van der Waals surface area (Å²) in [5, 5.41) is 14.0. The molecule has 1 N–H and O–H groups in total. The van der Waals surface area contributed by atoms with Gasteiger partial charge in [-0.25, -0.2) is 4.67 Å². The Hall–Kier alpha value is -3.37. The Morgan fingerprint density at radius 3 is 1.57 bits per heavy atom. The van der Waals surface area contributed by atoms with E-state index in [-0.39, 0.29) is 0 Å². The molecule has 0 unspecified atom stereocenters. The molecule has 0 aromatic heterocycles. The number of rotatable bonds is 8. The lowest BCUT2D eigenvalue weighted by molar-refractivity contribution is 0.0205. The van der Waals surface area contributed by atoms with Crippen LogP contribution in [0.5, 0.6) is 11.5 Å². The van der Waals surface area contributed by atoms with Crippen LogP contribution in [0.2, 0.25) is 0 Å². The van der Waals surface area contributed by atoms with Crippen LogP contribution in [-0.4, -0.2) is 36.6 Å². The molecule has 4 aromatic carbocycles. The van der Waals surface area contributed by atoms with Crippen LogP contribution in [0, 0.1) is 0 Å². The minimum Gasteiger partial charge on any atom is -0.497 e. The van der Waals surface area contributed by atoms with Crippen molar-refractivity contribution in [2.45, 2.75) is 24.5 Å². The quantitative estimate of drug-likeness (QED) is 0.323. The first-order chi connectivity index (χ1) is 18.0. The van der Waals surface area contributed by atoms with E-state index in [0.29, 0.717) is 35.1 Å². The number of ether oxygens (including phenoxy) is 2. The van der Waals surface area contributed by atoms with Gasteiger partial charge in [0, 0.05) is 17.2 Å². The molecule has 1 aliphatic heterocycles. The second-order valence-corrected chi connectivity index (χ2v) is 12.0. The van der Waals surface area contributed by atoms with Gasteiger partial charge < -0.3 is 14.6 Å². The second-order valence-electron chi connectivity index (χ2n) is 9.29. The fourth-order valence-corrected chi connectivity index (χ4v) is 8.56. The van der Waals surface area contributed by atoms with Crippen LogP contribution in [-0.2, 0) is 10.2 Å². The van der Waals surface area contributed by atoms with Crippen LogP contribution in [0.25, 0.3) is 0 Å². The average molecular weight is 514 g/mol. The van der Waals surface area contributed by atoms with E-state index < -0.39 is 18.9 Å². The molecular formula is C31H32NO4P. The van der Waals surface area contributed by atoms with Gasteiger partial charge in [0.2, 0.25) is 7.29 Å². The summed E-state index contributed by atoms with van der Waals surface area (Å²) in [5.74, 6) is 1.40. The molecule has 0 spiro atoms. The predicted molar refractivity (Wildman–Crippen MR) is 148 cm³/mol. The van der Waals surface area contributed by atoms with Crippen molar-refractivity contribution in [2.24, 2.45) is 0 Å². The van der Waals surface area contributed by atoms with Gasteiger partial charge in [-0.3, -0.25) is 4.57 Å². The Bertz CT molecular complexity index is 1270. The minimum atomic E-state index is -3.36. The van der Waals surface area contributed by atoms with Gasteiger partial charge in [-0.2, -0.15) is 0 Å². The van der Waals surface area contributed by atoms with Gasteiger partial charge in [0.25, 0.3) is 0 Å². The molecule has 1 aliphatic rings. The van der Waals surface area contributed by atoms with E-state index in [1.807, 2.05) is 109 Å². The van der Waals surface area contributed by atoms with E-state index in [4.69, 9.17) is 9.47 Å². The summed E-state index contributed by atoms with van der Waals surface area (Å²) in [6.07, 6.45) is 1.53. The Morgan fingerprint density at radius 2 is 1.16 bits per heavy atom. The molecule has 190 valence electrons. The zero-order chi connectivity index (χ0) is 25.9. The number of hydrogen-bond donors (Lipinski definition) is 1. The molecule has 1 heterocycles. The highest BCUT2D eigenvalue weighted by molar-refractivity contribution is 7.76. The molecule has 37 heavy (non-hydrogen) atoms. The second kappa shape index (κ2) is 10.5. The van der Waals surface area contributed by atoms with E-state index in [9.17, 15) is 5.11 Å². The van der Waals surface area contributed by atoms with Crippen molar-refractivity contribution >= 4 is 17.9 Å². The fraction of sp³-hybridized carbons (Fsp3) is 0.226. The third-order valence-electron chi connectivity index (χ3n) is 7.34. The SMILES string of the molecule is COc1ccc(P(=O)(c2ccc(OC)cc2)N2CCC[C@H]2C(O)(c2ccccc2)c2ccccc2)cc1. The van der Waals surface area contributed by atoms with E-state index in [1.54, 1.807) is 14.2 Å². The molecule has 1 fully saturated rings. The lowest BCUT2D eigenvalue weighted by Crippen LogP contribution is -2.49. The lowest BCUT2D eigenvalue weighted by atomic mass is 9.79. The average Bonchev–Trinajstić information content (AvgIpc) is 3.49. The number of aliphatic hydroxyl groups is 1. The van der Waals surface area contributed by atoms with E-state index in [2.05, 4.69) is 4.67 Å². The first kappa shape index (κ1) is 25.3. The zero-order valence-corrected chi connectivity index (χ0v) is 22.1. The number of methoxy groups -OCH3 is 2. The lowest BCUT2D eigenvalue weighted by Gasteiger charge is -2.43. The molecular weight excluding hydrogens is 481 g/mol. The summed E-state index contributed by atoms with van der Waals surface area (Å²) in [4.78, 5) is 0. The first-order valence-corrected chi connectivity index (χ1v) is 14.2. The topological polar surface area (TPSA) is 59.0 Å². The van der Waals surface area contributed by atoms with Crippen molar-refractivity contribution in [1.29, 1.82) is 0 Å². The monoisotopic (exact) mass is 513 g/mol. The van der Waals surface area contributed by atoms with Crippen molar-refractivity contribution in [1.82, 2.24) is 4.67 Å². The molecule has 5 nitrogen and oxygen atoms in total. The largest absolute Gasteiger partial charge is 0.497 e. The van der Waals surface area contributed by atoms with E-state index >= 15 is 4.57 Å². The maximum Gasteiger partial charge on any atom is 0.207 e. The summed E-state index contributed by atoms with van der Waals surface area (Å²) in [6.45, 7) is 0.599. The molecule has 0 radical (unpaired) electrons. The number of benzene rings is 4. The summed E-state index contributed by atoms with van der Waals surface area (Å²) < 4.78 is 28.3. The Kier molecular flexibility index (Phi) is 7.21. The fourth-order valence-electron chi connectivity index (χ4n) is 5.46. The van der Waals surface area contributed by atoms with Crippen LogP contribution in [0.3, 0.4) is 0 Å². The van der Waals surface area contributed by atoms with Crippen LogP contribution in [0.15, 0.2) is 109 Å². The zero-order valence-electron chi connectivity index (χ0n) is 21.2. The Balaban J connectivity index is 1.70. The number of nitrogens with zero attached hydrogens (tertiary/aromatic N) is 1. The van der Waals surface area contributed by atoms with Crippen molar-refractivity contribution in [3.63, 3.8) is 0 Å². The van der Waals surface area contributed by atoms with Crippen molar-refractivity contribution in [3.05, 3.63) is 120 Å². The van der Waals surface area contributed by atoms with Crippen LogP contribution >= 0.6 is 7.29 Å². The van der Waals surface area contributed by atoms with Crippen LogP contribution < -0.4 is 20.1 Å². The molecule has 0 amide bonds. The summed E-state index contributed by atoms with van der Waals surface area (Å²) in [7, 11) is -0.125. The van der Waals surface area contributed by atoms with Crippen LogP contribution in [0.4, 0.5) is 0 Å². The molecule has 5 rings (SSSR count). The highest BCUT2D eigenvalue weighted by Gasteiger charge is 2.51. The maximum absolute atomic E-state index is 15.5. The van der Waals surface area contributed by atoms with E-state index in [0.717, 1.165) is 17.5 Å². The summed E-state index contributed by atoms with van der Waals surface area (Å²) in [5.41, 5.74) is 0.219. The summed E-state index contributed by atoms with van der Waals surface area (Å²) in [6, 6.07) is 33.9. The van der Waals surface area contributed by atoms with E-state index in [1.165, 1.54) is 0 Å². The van der Waals surface area contributed by atoms with Crippen molar-refractivity contribution in [3.8, 4) is 11.5 Å². The maximum atomic E-state index is 15.5. The molecule has 0 saturated carbocycles. The van der Waals surface area contributed by atoms with Gasteiger partial charge in [0.1, 0.15) is 17.1 Å². The van der Waals surface area contributed by atoms with Crippen molar-refractivity contribution in [2.75, 3.05) is 20.8 Å². The van der Waals surface area contributed by atoms with Gasteiger partial charge in [0.05, 0.1) is 20.3 Å². The molecule has 1 atom stereocenters. The highest BCUT2D eigenvalue weighted by Crippen LogP contribution is 2.56.